The van der Waals surface area contributed by atoms with Crippen molar-refractivity contribution in [3.05, 3.63) is 77.9 Å². The van der Waals surface area contributed by atoms with Crippen molar-refractivity contribution in [3.8, 4) is 5.75 Å². The molecule has 0 N–H and O–H groups in total. The molecule has 0 radical (unpaired) electrons. The van der Waals surface area contributed by atoms with Gasteiger partial charge < -0.3 is 9.47 Å². The minimum absolute atomic E-state index is 0.185. The fraction of sp³-hybridized carbons (Fsp3) is 0.227. The van der Waals surface area contributed by atoms with Crippen molar-refractivity contribution >= 4 is 16.7 Å². The van der Waals surface area contributed by atoms with Crippen LogP contribution in [0.4, 0.5) is 0 Å². The maximum absolute atomic E-state index is 11.2. The first kappa shape index (κ1) is 17.0. The van der Waals surface area contributed by atoms with Crippen LogP contribution in [0, 0.1) is 0 Å². The molecule has 0 atom stereocenters. The normalized spacial score (nSPS) is 10.6. The fourth-order valence-electron chi connectivity index (χ4n) is 2.89. The predicted molar refractivity (Wildman–Crippen MR) is 99.9 cm³/mol. The van der Waals surface area contributed by atoms with Gasteiger partial charge in [-0.25, -0.2) is 0 Å². The van der Waals surface area contributed by atoms with Crippen LogP contribution < -0.4 is 4.74 Å². The highest BCUT2D eigenvalue weighted by Crippen LogP contribution is 2.20. The summed E-state index contributed by atoms with van der Waals surface area (Å²) in [4.78, 5) is 11.2. The molecule has 0 spiro atoms. The summed E-state index contributed by atoms with van der Waals surface area (Å²) in [6.45, 7) is 0.634. The highest BCUT2D eigenvalue weighted by atomic mass is 16.5. The molecular formula is C22H22O3. The fourth-order valence-corrected chi connectivity index (χ4v) is 2.89. The number of esters is 1. The van der Waals surface area contributed by atoms with Crippen LogP contribution in [0.15, 0.2) is 66.7 Å². The van der Waals surface area contributed by atoms with Crippen molar-refractivity contribution in [2.24, 2.45) is 0 Å². The van der Waals surface area contributed by atoms with Gasteiger partial charge in [0.25, 0.3) is 0 Å². The molecule has 0 aromatic heterocycles. The highest BCUT2D eigenvalue weighted by molar-refractivity contribution is 5.85. The maximum Gasteiger partial charge on any atom is 0.305 e. The quantitative estimate of drug-likeness (QED) is 0.594. The number of fused-ring (bicyclic) bond motifs is 1. The van der Waals surface area contributed by atoms with E-state index in [0.717, 1.165) is 17.7 Å². The summed E-state index contributed by atoms with van der Waals surface area (Å²) in [7, 11) is 1.41. The van der Waals surface area contributed by atoms with Crippen LogP contribution in [0.25, 0.3) is 10.8 Å². The minimum atomic E-state index is -0.185. The molecule has 3 heteroatoms. The Balaban J connectivity index is 1.54. The van der Waals surface area contributed by atoms with E-state index in [-0.39, 0.29) is 5.97 Å². The lowest BCUT2D eigenvalue weighted by Gasteiger charge is -2.09. The van der Waals surface area contributed by atoms with E-state index in [2.05, 4.69) is 47.2 Å². The minimum Gasteiger partial charge on any atom is -0.493 e. The largest absolute Gasteiger partial charge is 0.493 e. The van der Waals surface area contributed by atoms with Gasteiger partial charge in [-0.1, -0.05) is 54.6 Å². The van der Waals surface area contributed by atoms with Gasteiger partial charge in [-0.2, -0.15) is 0 Å². The number of carbonyl (C=O) groups excluding carboxylic acids is 1. The Bertz CT molecular complexity index is 832. The molecule has 0 unspecified atom stereocenters. The van der Waals surface area contributed by atoms with E-state index < -0.39 is 0 Å². The number of ether oxygens (including phenoxy) is 2. The molecule has 3 rings (SSSR count). The Hall–Kier alpha value is -2.81. The molecule has 0 saturated carbocycles. The van der Waals surface area contributed by atoms with Gasteiger partial charge in [0, 0.05) is 12.8 Å². The first-order chi connectivity index (χ1) is 12.3. The summed E-state index contributed by atoms with van der Waals surface area (Å²) in [6.07, 6.45) is 1.95. The molecule has 128 valence electrons. The highest BCUT2D eigenvalue weighted by Gasteiger charge is 2.03. The lowest BCUT2D eigenvalue weighted by molar-refractivity contribution is -0.140. The van der Waals surface area contributed by atoms with E-state index >= 15 is 0 Å². The second kappa shape index (κ2) is 8.34. The van der Waals surface area contributed by atoms with Crippen LogP contribution in [0.2, 0.25) is 0 Å². The summed E-state index contributed by atoms with van der Waals surface area (Å²) in [5.41, 5.74) is 2.40. The van der Waals surface area contributed by atoms with Gasteiger partial charge in [0.2, 0.25) is 0 Å². The summed E-state index contributed by atoms with van der Waals surface area (Å²) < 4.78 is 10.5. The summed E-state index contributed by atoms with van der Waals surface area (Å²) in [6, 6.07) is 22.7. The van der Waals surface area contributed by atoms with Crippen LogP contribution in [-0.4, -0.2) is 19.7 Å². The lowest BCUT2D eigenvalue weighted by atomic mass is 10.0. The Labute approximate surface area is 148 Å². The molecule has 3 aromatic rings. The van der Waals surface area contributed by atoms with Gasteiger partial charge in [-0.3, -0.25) is 4.79 Å². The predicted octanol–water partition coefficient (Wildman–Crippen LogP) is 4.57. The van der Waals surface area contributed by atoms with Gasteiger partial charge in [0.15, 0.2) is 0 Å². The van der Waals surface area contributed by atoms with E-state index in [1.807, 2.05) is 24.3 Å². The average Bonchev–Trinajstić information content (AvgIpc) is 2.67. The standard InChI is InChI=1S/C22H22O3/c1-24-22(23)14-11-17-9-12-20(13-10-17)25-16-15-19-7-4-6-18-5-2-3-8-21(18)19/h2-10,12-13H,11,14-16H2,1H3. The molecule has 0 aliphatic rings. The summed E-state index contributed by atoms with van der Waals surface area (Å²) in [5.74, 6) is 0.664. The second-order valence-electron chi connectivity index (χ2n) is 5.96. The molecule has 0 bridgehead atoms. The summed E-state index contributed by atoms with van der Waals surface area (Å²) in [5, 5.41) is 2.54. The van der Waals surface area contributed by atoms with Crippen molar-refractivity contribution in [2.75, 3.05) is 13.7 Å². The Kier molecular flexibility index (Phi) is 5.68. The van der Waals surface area contributed by atoms with Gasteiger partial charge in [0.05, 0.1) is 13.7 Å². The van der Waals surface area contributed by atoms with E-state index in [0.29, 0.717) is 19.4 Å². The molecule has 0 aliphatic heterocycles. The lowest BCUT2D eigenvalue weighted by Crippen LogP contribution is -2.03. The zero-order valence-electron chi connectivity index (χ0n) is 14.4. The average molecular weight is 334 g/mol. The molecule has 0 saturated heterocycles. The Morgan fingerprint density at radius 1 is 0.880 bits per heavy atom. The maximum atomic E-state index is 11.2. The van der Waals surface area contributed by atoms with Crippen molar-refractivity contribution < 1.29 is 14.3 Å². The third-order valence-corrected chi connectivity index (χ3v) is 4.29. The SMILES string of the molecule is COC(=O)CCc1ccc(OCCc2cccc3ccccc23)cc1. The Morgan fingerprint density at radius 3 is 2.44 bits per heavy atom. The molecule has 0 fully saturated rings. The molecule has 3 aromatic carbocycles. The van der Waals surface area contributed by atoms with Gasteiger partial charge in [-0.15, -0.1) is 0 Å². The van der Waals surface area contributed by atoms with Crippen LogP contribution >= 0.6 is 0 Å². The third kappa shape index (κ3) is 4.60. The smallest absolute Gasteiger partial charge is 0.305 e. The topological polar surface area (TPSA) is 35.5 Å². The first-order valence-corrected chi connectivity index (χ1v) is 8.51. The van der Waals surface area contributed by atoms with Crippen molar-refractivity contribution in [2.45, 2.75) is 19.3 Å². The van der Waals surface area contributed by atoms with Crippen molar-refractivity contribution in [1.29, 1.82) is 0 Å². The van der Waals surface area contributed by atoms with E-state index in [9.17, 15) is 4.79 Å². The van der Waals surface area contributed by atoms with E-state index in [1.165, 1.54) is 23.4 Å². The van der Waals surface area contributed by atoms with Crippen LogP contribution in [0.1, 0.15) is 17.5 Å². The second-order valence-corrected chi connectivity index (χ2v) is 5.96. The number of hydrogen-bond donors (Lipinski definition) is 0. The van der Waals surface area contributed by atoms with Crippen LogP contribution in [-0.2, 0) is 22.4 Å². The molecule has 0 aliphatic carbocycles. The van der Waals surface area contributed by atoms with Gasteiger partial charge in [-0.05, 0) is 40.5 Å². The molecule has 0 heterocycles. The third-order valence-electron chi connectivity index (χ3n) is 4.29. The molecule has 0 amide bonds. The first-order valence-electron chi connectivity index (χ1n) is 8.51. The van der Waals surface area contributed by atoms with Gasteiger partial charge >= 0.3 is 5.97 Å². The Morgan fingerprint density at radius 2 is 1.64 bits per heavy atom. The molecular weight excluding hydrogens is 312 g/mol. The zero-order valence-corrected chi connectivity index (χ0v) is 14.4. The molecule has 25 heavy (non-hydrogen) atoms. The van der Waals surface area contributed by atoms with Crippen molar-refractivity contribution in [1.82, 2.24) is 0 Å². The van der Waals surface area contributed by atoms with E-state index in [4.69, 9.17) is 4.74 Å². The summed E-state index contributed by atoms with van der Waals surface area (Å²) >= 11 is 0. The van der Waals surface area contributed by atoms with Crippen LogP contribution in [0.5, 0.6) is 5.75 Å². The number of aryl methyl sites for hydroxylation is 1. The monoisotopic (exact) mass is 334 g/mol. The van der Waals surface area contributed by atoms with E-state index in [1.54, 1.807) is 0 Å². The number of hydrogen-bond acceptors (Lipinski definition) is 3. The molecule has 3 nitrogen and oxygen atoms in total. The number of carbonyl (C=O) groups is 1. The van der Waals surface area contributed by atoms with Crippen LogP contribution in [0.3, 0.4) is 0 Å². The van der Waals surface area contributed by atoms with Gasteiger partial charge in [0.1, 0.15) is 5.75 Å². The number of methoxy groups -OCH3 is 1. The number of rotatable bonds is 7. The number of benzene rings is 3. The zero-order chi connectivity index (χ0) is 17.5. The van der Waals surface area contributed by atoms with Crippen molar-refractivity contribution in [3.63, 3.8) is 0 Å².